The third-order valence-electron chi connectivity index (χ3n) is 5.98. The highest BCUT2D eigenvalue weighted by atomic mass is 16.9. The fraction of sp³-hybridized carbons (Fsp3) is 0.478. The van der Waals surface area contributed by atoms with Crippen LogP contribution in [-0.2, 0) is 36.9 Å². The molecule has 166 valence electrons. The molecule has 0 aromatic heterocycles. The molecule has 3 aliphatic heterocycles. The second-order valence-corrected chi connectivity index (χ2v) is 7.83. The average molecular weight is 430 g/mol. The first kappa shape index (κ1) is 20.7. The quantitative estimate of drug-likeness (QED) is 0.681. The lowest BCUT2D eigenvalue weighted by atomic mass is 9.82. The topological polar surface area (TPSA) is 84.8 Å². The molecule has 8 heteroatoms. The monoisotopic (exact) mass is 430 g/mol. The van der Waals surface area contributed by atoms with Crippen molar-refractivity contribution in [2.75, 3.05) is 14.2 Å². The summed E-state index contributed by atoms with van der Waals surface area (Å²) in [7, 11) is 3.26. The minimum Gasteiger partial charge on any atom is -0.497 e. The smallest absolute Gasteiger partial charge is 0.272 e. The van der Waals surface area contributed by atoms with E-state index in [1.54, 1.807) is 14.2 Å². The molecule has 4 atom stereocenters. The van der Waals surface area contributed by atoms with Crippen molar-refractivity contribution in [3.05, 3.63) is 59.7 Å². The number of hydrogen-bond donors (Lipinski definition) is 1. The largest absolute Gasteiger partial charge is 0.497 e. The average Bonchev–Trinajstić information content (AvgIpc) is 2.81. The molecule has 0 spiro atoms. The van der Waals surface area contributed by atoms with Crippen molar-refractivity contribution in [3.8, 4) is 11.5 Å². The van der Waals surface area contributed by atoms with Gasteiger partial charge >= 0.3 is 0 Å². The van der Waals surface area contributed by atoms with Crippen LogP contribution < -0.4 is 9.47 Å². The summed E-state index contributed by atoms with van der Waals surface area (Å²) >= 11 is 0. The highest BCUT2D eigenvalue weighted by molar-refractivity contribution is 5.27. The zero-order valence-corrected chi connectivity index (χ0v) is 17.4. The first-order valence-electron chi connectivity index (χ1n) is 10.3. The molecule has 8 nitrogen and oxygen atoms in total. The van der Waals surface area contributed by atoms with Gasteiger partial charge in [0.15, 0.2) is 0 Å². The van der Waals surface area contributed by atoms with E-state index in [9.17, 15) is 5.11 Å². The second-order valence-electron chi connectivity index (χ2n) is 7.83. The highest BCUT2D eigenvalue weighted by Crippen LogP contribution is 2.42. The number of aliphatic hydroxyl groups excluding tert-OH is 1. The third-order valence-corrected chi connectivity index (χ3v) is 5.98. The lowest BCUT2D eigenvalue weighted by Gasteiger charge is -2.57. The van der Waals surface area contributed by atoms with Crippen LogP contribution in [0.3, 0.4) is 0 Å². The molecule has 0 unspecified atom stereocenters. The Hall–Kier alpha value is -2.20. The van der Waals surface area contributed by atoms with E-state index in [1.165, 1.54) is 0 Å². The van der Waals surface area contributed by atoms with Crippen molar-refractivity contribution in [3.63, 3.8) is 0 Å². The molecule has 0 amide bonds. The maximum absolute atomic E-state index is 10.8. The summed E-state index contributed by atoms with van der Waals surface area (Å²) in [6, 6.07) is 15.3. The first-order chi connectivity index (χ1) is 15.2. The molecule has 3 saturated heterocycles. The van der Waals surface area contributed by atoms with Gasteiger partial charge in [0.05, 0.1) is 27.4 Å². The van der Waals surface area contributed by atoms with Crippen LogP contribution in [0, 0.1) is 0 Å². The van der Waals surface area contributed by atoms with Gasteiger partial charge in [-0.3, -0.25) is 0 Å². The molecule has 2 aromatic rings. The van der Waals surface area contributed by atoms with Crippen LogP contribution in [0.5, 0.6) is 11.5 Å². The van der Waals surface area contributed by atoms with E-state index in [2.05, 4.69) is 0 Å². The maximum Gasteiger partial charge on any atom is 0.272 e. The van der Waals surface area contributed by atoms with E-state index in [1.807, 2.05) is 48.5 Å². The van der Waals surface area contributed by atoms with Gasteiger partial charge in [-0.1, -0.05) is 24.3 Å². The third kappa shape index (κ3) is 4.03. The molecule has 1 saturated carbocycles. The number of aliphatic hydroxyl groups is 1. The molecule has 3 heterocycles. The summed E-state index contributed by atoms with van der Waals surface area (Å²) in [5.41, 5.74) is 1.96. The number of hydrogen-bond acceptors (Lipinski definition) is 8. The summed E-state index contributed by atoms with van der Waals surface area (Å²) in [4.78, 5) is 0. The summed E-state index contributed by atoms with van der Waals surface area (Å²) in [6.07, 6.45) is -3.27. The standard InChI is InChI=1S/C23H26O8/c1-25-15-7-3-13(4-8-15)11-27-20-18-17(24)19-21(22(20)31-23(29-18)30-19)28-12-14-5-9-16(26-2)10-6-14/h3-10,17-24H,11-12H2,1-2H3/t17?,18-,19-,20+,21+,22?,23?/m1/s1. The lowest BCUT2D eigenvalue weighted by Crippen LogP contribution is -2.75. The fourth-order valence-corrected chi connectivity index (χ4v) is 4.30. The van der Waals surface area contributed by atoms with Gasteiger partial charge in [0.2, 0.25) is 0 Å². The Bertz CT molecular complexity index is 801. The van der Waals surface area contributed by atoms with Crippen molar-refractivity contribution in [2.45, 2.75) is 56.3 Å². The number of benzene rings is 2. The van der Waals surface area contributed by atoms with Crippen LogP contribution in [0.25, 0.3) is 0 Å². The lowest BCUT2D eigenvalue weighted by molar-refractivity contribution is -0.487. The van der Waals surface area contributed by atoms with E-state index < -0.39 is 43.1 Å². The number of methoxy groups -OCH3 is 2. The second kappa shape index (κ2) is 8.74. The van der Waals surface area contributed by atoms with E-state index in [0.29, 0.717) is 13.2 Å². The fourth-order valence-electron chi connectivity index (χ4n) is 4.30. The van der Waals surface area contributed by atoms with Crippen LogP contribution in [0.4, 0.5) is 0 Å². The van der Waals surface area contributed by atoms with Crippen LogP contribution in [0.1, 0.15) is 11.1 Å². The van der Waals surface area contributed by atoms with E-state index in [-0.39, 0.29) is 0 Å². The molecule has 6 rings (SSSR count). The van der Waals surface area contributed by atoms with Crippen molar-refractivity contribution >= 4 is 0 Å². The SMILES string of the molecule is COc1ccc(CO[C@@H]2C3OC4O[C@@H]2C(O)[C@@H](O4)[C@@H]3OCc2ccc(OC)cc2)cc1. The normalized spacial score (nSPS) is 33.5. The molecule has 1 aliphatic carbocycles. The summed E-state index contributed by atoms with van der Waals surface area (Å²) in [6.45, 7) is -0.101. The predicted octanol–water partition coefficient (Wildman–Crippen LogP) is 2.02. The van der Waals surface area contributed by atoms with Crippen LogP contribution in [-0.4, -0.2) is 62.4 Å². The Kier molecular flexibility index (Phi) is 5.83. The number of rotatable bonds is 8. The summed E-state index contributed by atoms with van der Waals surface area (Å²) < 4.78 is 40.0. The van der Waals surface area contributed by atoms with Gasteiger partial charge in [0.1, 0.15) is 48.1 Å². The Morgan fingerprint density at radius 2 is 1.10 bits per heavy atom. The van der Waals surface area contributed by atoms with E-state index >= 15 is 0 Å². The predicted molar refractivity (Wildman–Crippen MR) is 108 cm³/mol. The zero-order chi connectivity index (χ0) is 21.4. The maximum atomic E-state index is 10.8. The van der Waals surface area contributed by atoms with Gasteiger partial charge in [0, 0.05) is 0 Å². The summed E-state index contributed by atoms with van der Waals surface area (Å²) in [5, 5.41) is 10.8. The van der Waals surface area contributed by atoms with Crippen molar-refractivity contribution < 1.29 is 38.3 Å². The first-order valence-corrected chi connectivity index (χ1v) is 10.3. The molecule has 4 bridgehead atoms. The zero-order valence-electron chi connectivity index (χ0n) is 17.4. The van der Waals surface area contributed by atoms with Gasteiger partial charge in [0.25, 0.3) is 6.48 Å². The minimum atomic E-state index is -0.863. The van der Waals surface area contributed by atoms with Crippen molar-refractivity contribution in [1.29, 1.82) is 0 Å². The highest BCUT2D eigenvalue weighted by Gasteiger charge is 2.62. The number of ether oxygens (including phenoxy) is 7. The minimum absolute atomic E-state index is 0.350. The molecule has 4 fully saturated rings. The Morgan fingerprint density at radius 1 is 0.677 bits per heavy atom. The molecular formula is C23H26O8. The Labute approximate surface area is 180 Å². The van der Waals surface area contributed by atoms with Gasteiger partial charge in [-0.05, 0) is 35.4 Å². The molecule has 31 heavy (non-hydrogen) atoms. The molecule has 0 radical (unpaired) electrons. The van der Waals surface area contributed by atoms with Crippen LogP contribution in [0.15, 0.2) is 48.5 Å². The van der Waals surface area contributed by atoms with Gasteiger partial charge in [-0.25, -0.2) is 0 Å². The Balaban J connectivity index is 1.27. The Morgan fingerprint density at radius 3 is 1.52 bits per heavy atom. The van der Waals surface area contributed by atoms with E-state index in [0.717, 1.165) is 22.6 Å². The molecule has 1 N–H and O–H groups in total. The van der Waals surface area contributed by atoms with Gasteiger partial charge in [-0.15, -0.1) is 0 Å². The van der Waals surface area contributed by atoms with Crippen molar-refractivity contribution in [1.82, 2.24) is 0 Å². The van der Waals surface area contributed by atoms with Crippen LogP contribution in [0.2, 0.25) is 0 Å². The molecular weight excluding hydrogens is 404 g/mol. The van der Waals surface area contributed by atoms with E-state index in [4.69, 9.17) is 33.2 Å². The van der Waals surface area contributed by atoms with Crippen LogP contribution >= 0.6 is 0 Å². The van der Waals surface area contributed by atoms with Gasteiger partial charge in [-0.2, -0.15) is 0 Å². The molecule has 2 aromatic carbocycles. The van der Waals surface area contributed by atoms with Crippen molar-refractivity contribution in [2.24, 2.45) is 0 Å². The van der Waals surface area contributed by atoms with Gasteiger partial charge < -0.3 is 38.3 Å². The summed E-state index contributed by atoms with van der Waals surface area (Å²) in [5.74, 6) is 1.56. The molecule has 4 aliphatic rings.